The van der Waals surface area contributed by atoms with Crippen molar-refractivity contribution in [2.24, 2.45) is 23.2 Å². The second kappa shape index (κ2) is 5.14. The summed E-state index contributed by atoms with van der Waals surface area (Å²) < 4.78 is 5.35. The summed E-state index contributed by atoms with van der Waals surface area (Å²) >= 11 is 0. The number of hydrogen-bond acceptors (Lipinski definition) is 3. The fraction of sp³-hybridized carbons (Fsp3) is 0.700. The maximum atomic E-state index is 10.6. The van der Waals surface area contributed by atoms with Crippen LogP contribution in [0.2, 0.25) is 0 Å². The van der Waals surface area contributed by atoms with Crippen LogP contribution in [0.5, 0.6) is 11.5 Å². The van der Waals surface area contributed by atoms with Gasteiger partial charge in [0.2, 0.25) is 0 Å². The van der Waals surface area contributed by atoms with Gasteiger partial charge in [-0.1, -0.05) is 13.8 Å². The van der Waals surface area contributed by atoms with Crippen LogP contribution in [0.1, 0.15) is 56.6 Å². The van der Waals surface area contributed by atoms with Gasteiger partial charge >= 0.3 is 0 Å². The molecule has 0 bridgehead atoms. The summed E-state index contributed by atoms with van der Waals surface area (Å²) in [5.74, 6) is 3.28. The van der Waals surface area contributed by atoms with Crippen LogP contribution in [-0.2, 0) is 6.42 Å². The van der Waals surface area contributed by atoms with Gasteiger partial charge in [-0.2, -0.15) is 0 Å². The molecule has 126 valence electrons. The molecule has 2 unspecified atom stereocenters. The number of fused-ring (bicyclic) bond motifs is 5. The van der Waals surface area contributed by atoms with Gasteiger partial charge in [0.05, 0.1) is 13.2 Å². The molecule has 6 atom stereocenters. The molecule has 0 saturated heterocycles. The van der Waals surface area contributed by atoms with E-state index in [9.17, 15) is 10.2 Å². The molecule has 0 spiro atoms. The third-order valence-electron chi connectivity index (χ3n) is 7.29. The predicted octanol–water partition coefficient (Wildman–Crippen LogP) is 3.86. The van der Waals surface area contributed by atoms with Gasteiger partial charge in [0.25, 0.3) is 0 Å². The van der Waals surface area contributed by atoms with Gasteiger partial charge in [-0.25, -0.2) is 0 Å². The first-order valence-corrected chi connectivity index (χ1v) is 9.03. The molecule has 1 aromatic rings. The molecular weight excluding hydrogens is 288 g/mol. The lowest BCUT2D eigenvalue weighted by Crippen LogP contribution is -2.45. The smallest absolute Gasteiger partial charge is 0.160 e. The Morgan fingerprint density at radius 1 is 1.26 bits per heavy atom. The standard InChI is InChI=1S/C20H28O3/c1-11-8-18(22)20(2)7-6-13-14(19(11)20)5-4-12-9-16(21)17(23-3)10-15(12)13/h9-11,13-14,18-19,21-22H,4-8H2,1-3H3/t11?,13-,14+,18?,19-,20+/m0/s1. The number of phenols is 1. The third kappa shape index (κ3) is 2.05. The first-order chi connectivity index (χ1) is 11.0. The summed E-state index contributed by atoms with van der Waals surface area (Å²) in [5.41, 5.74) is 2.77. The second-order valence-electron chi connectivity index (χ2n) is 8.33. The Morgan fingerprint density at radius 3 is 2.78 bits per heavy atom. The highest BCUT2D eigenvalue weighted by molar-refractivity contribution is 5.49. The van der Waals surface area contributed by atoms with Crippen molar-refractivity contribution in [1.29, 1.82) is 0 Å². The van der Waals surface area contributed by atoms with E-state index in [4.69, 9.17) is 4.74 Å². The lowest BCUT2D eigenvalue weighted by molar-refractivity contribution is -0.0286. The van der Waals surface area contributed by atoms with E-state index >= 15 is 0 Å². The van der Waals surface area contributed by atoms with E-state index in [0.29, 0.717) is 29.4 Å². The minimum absolute atomic E-state index is 0.0963. The van der Waals surface area contributed by atoms with Gasteiger partial charge in [0.15, 0.2) is 11.5 Å². The molecule has 0 aliphatic heterocycles. The van der Waals surface area contributed by atoms with Crippen LogP contribution in [0.15, 0.2) is 12.1 Å². The number of methoxy groups -OCH3 is 1. The molecule has 3 aliphatic rings. The molecule has 2 saturated carbocycles. The number of rotatable bonds is 1. The Balaban J connectivity index is 1.74. The number of aliphatic hydroxyl groups is 1. The normalized spacial score (nSPS) is 41.8. The minimum Gasteiger partial charge on any atom is -0.504 e. The van der Waals surface area contributed by atoms with E-state index in [1.165, 1.54) is 17.5 Å². The maximum absolute atomic E-state index is 10.6. The molecule has 2 N–H and O–H groups in total. The Bertz CT molecular complexity index is 626. The Hall–Kier alpha value is -1.22. The number of aliphatic hydroxyl groups excluding tert-OH is 1. The van der Waals surface area contributed by atoms with E-state index in [-0.39, 0.29) is 17.3 Å². The van der Waals surface area contributed by atoms with Crippen molar-refractivity contribution < 1.29 is 14.9 Å². The van der Waals surface area contributed by atoms with Crippen LogP contribution < -0.4 is 4.74 Å². The number of benzene rings is 1. The highest BCUT2D eigenvalue weighted by Gasteiger charge is 2.57. The molecule has 2 fully saturated rings. The van der Waals surface area contributed by atoms with Gasteiger partial charge < -0.3 is 14.9 Å². The lowest BCUT2D eigenvalue weighted by Gasteiger charge is -2.51. The predicted molar refractivity (Wildman–Crippen MR) is 89.8 cm³/mol. The third-order valence-corrected chi connectivity index (χ3v) is 7.29. The fourth-order valence-corrected chi connectivity index (χ4v) is 6.26. The monoisotopic (exact) mass is 316 g/mol. The van der Waals surface area contributed by atoms with Gasteiger partial charge in [-0.3, -0.25) is 0 Å². The summed E-state index contributed by atoms with van der Waals surface area (Å²) in [5, 5.41) is 20.7. The molecule has 0 amide bonds. The van der Waals surface area contributed by atoms with Crippen LogP contribution in [0, 0.1) is 23.2 Å². The van der Waals surface area contributed by atoms with Crippen molar-refractivity contribution in [3.8, 4) is 11.5 Å². The van der Waals surface area contributed by atoms with Crippen LogP contribution in [-0.4, -0.2) is 23.4 Å². The SMILES string of the molecule is COc1cc2c(cc1O)CC[C@@H]1[C@@H]2CC[C@]2(C)C(O)CC(C)[C@@H]12. The van der Waals surface area contributed by atoms with Crippen molar-refractivity contribution in [3.63, 3.8) is 0 Å². The lowest BCUT2D eigenvalue weighted by atomic mass is 9.54. The molecule has 3 aliphatic carbocycles. The van der Waals surface area contributed by atoms with Gasteiger partial charge in [-0.15, -0.1) is 0 Å². The minimum atomic E-state index is -0.140. The Kier molecular flexibility index (Phi) is 3.42. The fourth-order valence-electron chi connectivity index (χ4n) is 6.26. The summed E-state index contributed by atoms with van der Waals surface area (Å²) in [4.78, 5) is 0. The van der Waals surface area contributed by atoms with Gasteiger partial charge in [0.1, 0.15) is 0 Å². The van der Waals surface area contributed by atoms with Crippen molar-refractivity contribution in [2.45, 2.75) is 58.0 Å². The molecule has 4 rings (SSSR count). The van der Waals surface area contributed by atoms with Gasteiger partial charge in [0, 0.05) is 0 Å². The highest BCUT2D eigenvalue weighted by Crippen LogP contribution is 2.63. The average molecular weight is 316 g/mol. The van der Waals surface area contributed by atoms with Crippen molar-refractivity contribution in [3.05, 3.63) is 23.3 Å². The zero-order valence-electron chi connectivity index (χ0n) is 14.4. The summed E-state index contributed by atoms with van der Waals surface area (Å²) in [6.07, 6.45) is 5.27. The molecule has 23 heavy (non-hydrogen) atoms. The number of aryl methyl sites for hydroxylation is 1. The van der Waals surface area contributed by atoms with E-state index in [1.54, 1.807) is 7.11 Å². The van der Waals surface area contributed by atoms with E-state index in [1.807, 2.05) is 6.07 Å². The number of hydrogen-bond donors (Lipinski definition) is 2. The summed E-state index contributed by atoms with van der Waals surface area (Å²) in [6, 6.07) is 3.98. The second-order valence-corrected chi connectivity index (χ2v) is 8.33. The Morgan fingerprint density at radius 2 is 2.04 bits per heavy atom. The van der Waals surface area contributed by atoms with Crippen molar-refractivity contribution in [1.82, 2.24) is 0 Å². The topological polar surface area (TPSA) is 49.7 Å². The van der Waals surface area contributed by atoms with E-state index in [2.05, 4.69) is 19.9 Å². The number of phenolic OH excluding ortho intramolecular Hbond substituents is 1. The van der Waals surface area contributed by atoms with Crippen LogP contribution >= 0.6 is 0 Å². The zero-order chi connectivity index (χ0) is 16.4. The van der Waals surface area contributed by atoms with Crippen molar-refractivity contribution in [2.75, 3.05) is 7.11 Å². The number of aromatic hydroxyl groups is 1. The van der Waals surface area contributed by atoms with Crippen molar-refractivity contribution >= 4 is 0 Å². The molecule has 0 heterocycles. The highest BCUT2D eigenvalue weighted by atomic mass is 16.5. The maximum Gasteiger partial charge on any atom is 0.160 e. The van der Waals surface area contributed by atoms with Crippen LogP contribution in [0.4, 0.5) is 0 Å². The molecule has 3 heteroatoms. The van der Waals surface area contributed by atoms with Gasteiger partial charge in [-0.05, 0) is 84.5 Å². The first kappa shape index (κ1) is 15.3. The van der Waals surface area contributed by atoms with Crippen LogP contribution in [0.3, 0.4) is 0 Å². The summed E-state index contributed by atoms with van der Waals surface area (Å²) in [7, 11) is 1.62. The number of ether oxygens (including phenoxy) is 1. The molecule has 3 nitrogen and oxygen atoms in total. The summed E-state index contributed by atoms with van der Waals surface area (Å²) in [6.45, 7) is 4.64. The quantitative estimate of drug-likeness (QED) is 0.827. The molecule has 1 aromatic carbocycles. The van der Waals surface area contributed by atoms with Crippen LogP contribution in [0.25, 0.3) is 0 Å². The van der Waals surface area contributed by atoms with E-state index < -0.39 is 0 Å². The molecule has 0 radical (unpaired) electrons. The Labute approximate surface area is 138 Å². The average Bonchev–Trinajstić information content (AvgIpc) is 2.76. The van der Waals surface area contributed by atoms with E-state index in [0.717, 1.165) is 25.7 Å². The zero-order valence-corrected chi connectivity index (χ0v) is 14.4. The molecule has 0 aromatic heterocycles. The first-order valence-electron chi connectivity index (χ1n) is 9.03. The largest absolute Gasteiger partial charge is 0.504 e. The molecular formula is C20H28O3.